The minimum Gasteiger partial charge on any atom is -0.343 e. The van der Waals surface area contributed by atoms with E-state index in [4.69, 9.17) is 0 Å². The molecule has 4 nitrogen and oxygen atoms in total. The molecule has 1 atom stereocenters. The van der Waals surface area contributed by atoms with Crippen molar-refractivity contribution in [1.82, 2.24) is 9.80 Å². The highest BCUT2D eigenvalue weighted by atomic mass is 16.2. The molecule has 0 aromatic heterocycles. The summed E-state index contributed by atoms with van der Waals surface area (Å²) in [4.78, 5) is 28.8. The van der Waals surface area contributed by atoms with Gasteiger partial charge in [0.15, 0.2) is 0 Å². The molecule has 0 saturated carbocycles. The van der Waals surface area contributed by atoms with Gasteiger partial charge < -0.3 is 9.80 Å². The summed E-state index contributed by atoms with van der Waals surface area (Å²) in [6, 6.07) is 0. The number of rotatable bonds is 5. The number of carbonyl (C=O) groups excluding carboxylic acids is 2. The zero-order chi connectivity index (χ0) is 17.5. The van der Waals surface area contributed by atoms with E-state index < -0.39 is 0 Å². The molecular weight excluding hydrogens is 312 g/mol. The number of unbranched alkanes of at least 4 members (excludes halogenated alkanes) is 1. The molecule has 1 aliphatic carbocycles. The highest BCUT2D eigenvalue weighted by Gasteiger charge is 2.27. The van der Waals surface area contributed by atoms with Gasteiger partial charge in [-0.05, 0) is 57.3 Å². The molecule has 0 aromatic carbocycles. The van der Waals surface area contributed by atoms with Crippen LogP contribution in [0.1, 0.15) is 77.0 Å². The fraction of sp³-hybridized carbons (Fsp3) is 0.810. The highest BCUT2D eigenvalue weighted by Crippen LogP contribution is 2.32. The van der Waals surface area contributed by atoms with Gasteiger partial charge in [-0.2, -0.15) is 0 Å². The third-order valence-electron chi connectivity index (χ3n) is 6.15. The van der Waals surface area contributed by atoms with Crippen LogP contribution in [0.3, 0.4) is 0 Å². The van der Waals surface area contributed by atoms with Crippen molar-refractivity contribution in [3.05, 3.63) is 11.6 Å². The first kappa shape index (κ1) is 18.5. The van der Waals surface area contributed by atoms with Crippen LogP contribution in [-0.4, -0.2) is 47.8 Å². The standard InChI is InChI=1S/C21H34N2O2/c24-20(22-14-7-1-2-8-15-22)11-5-6-12-21(25)23-16-13-18-9-3-4-10-19(18)17-23/h10,18H,1-9,11-17H2. The van der Waals surface area contributed by atoms with Crippen molar-refractivity contribution in [3.8, 4) is 0 Å². The molecule has 0 aromatic rings. The van der Waals surface area contributed by atoms with E-state index in [0.29, 0.717) is 18.7 Å². The number of piperidine rings is 1. The maximum atomic E-state index is 12.5. The molecule has 25 heavy (non-hydrogen) atoms. The number of allylic oxidation sites excluding steroid dienone is 1. The van der Waals surface area contributed by atoms with Gasteiger partial charge in [0.25, 0.3) is 0 Å². The van der Waals surface area contributed by atoms with Crippen molar-refractivity contribution < 1.29 is 9.59 Å². The van der Waals surface area contributed by atoms with Gasteiger partial charge in [0, 0.05) is 39.0 Å². The molecule has 2 fully saturated rings. The summed E-state index contributed by atoms with van der Waals surface area (Å²) in [6.45, 7) is 3.65. The summed E-state index contributed by atoms with van der Waals surface area (Å²) in [7, 11) is 0. The minimum absolute atomic E-state index is 0.284. The van der Waals surface area contributed by atoms with Crippen LogP contribution in [0.4, 0.5) is 0 Å². The van der Waals surface area contributed by atoms with E-state index in [1.54, 1.807) is 0 Å². The molecule has 2 amide bonds. The van der Waals surface area contributed by atoms with E-state index in [1.165, 1.54) is 37.7 Å². The monoisotopic (exact) mass is 346 g/mol. The maximum absolute atomic E-state index is 12.5. The first-order chi connectivity index (χ1) is 12.2. The smallest absolute Gasteiger partial charge is 0.222 e. The van der Waals surface area contributed by atoms with Crippen LogP contribution < -0.4 is 0 Å². The summed E-state index contributed by atoms with van der Waals surface area (Å²) in [5, 5.41) is 0. The van der Waals surface area contributed by atoms with E-state index in [0.717, 1.165) is 64.2 Å². The summed E-state index contributed by atoms with van der Waals surface area (Å²) in [5.41, 5.74) is 1.50. The number of hydrogen-bond donors (Lipinski definition) is 0. The van der Waals surface area contributed by atoms with Gasteiger partial charge in [0.05, 0.1) is 0 Å². The van der Waals surface area contributed by atoms with Gasteiger partial charge in [0.1, 0.15) is 0 Å². The van der Waals surface area contributed by atoms with Crippen LogP contribution in [0.15, 0.2) is 11.6 Å². The molecule has 140 valence electrons. The lowest BCUT2D eigenvalue weighted by atomic mass is 9.82. The first-order valence-electron chi connectivity index (χ1n) is 10.5. The van der Waals surface area contributed by atoms with Crippen LogP contribution in [-0.2, 0) is 9.59 Å². The predicted octanol–water partition coefficient (Wildman–Crippen LogP) is 3.91. The number of carbonyl (C=O) groups is 2. The molecule has 4 heteroatoms. The maximum Gasteiger partial charge on any atom is 0.222 e. The number of amides is 2. The van der Waals surface area contributed by atoms with Crippen molar-refractivity contribution in [1.29, 1.82) is 0 Å². The van der Waals surface area contributed by atoms with E-state index in [9.17, 15) is 9.59 Å². The summed E-state index contributed by atoms with van der Waals surface area (Å²) in [5.74, 6) is 1.32. The van der Waals surface area contributed by atoms with Crippen molar-refractivity contribution in [2.75, 3.05) is 26.2 Å². The third-order valence-corrected chi connectivity index (χ3v) is 6.15. The Balaban J connectivity index is 1.34. The Hall–Kier alpha value is -1.32. The van der Waals surface area contributed by atoms with E-state index in [-0.39, 0.29) is 5.91 Å². The summed E-state index contributed by atoms with van der Waals surface area (Å²) >= 11 is 0. The highest BCUT2D eigenvalue weighted by molar-refractivity contribution is 5.77. The van der Waals surface area contributed by atoms with E-state index in [1.807, 2.05) is 9.80 Å². The van der Waals surface area contributed by atoms with Gasteiger partial charge in [-0.15, -0.1) is 0 Å². The molecule has 0 N–H and O–H groups in total. The fourth-order valence-corrected chi connectivity index (χ4v) is 4.54. The minimum atomic E-state index is 0.284. The Labute approximate surface area is 152 Å². The molecule has 0 bridgehead atoms. The second kappa shape index (κ2) is 9.40. The Bertz CT molecular complexity index is 492. The van der Waals surface area contributed by atoms with Gasteiger partial charge in [-0.1, -0.05) is 24.5 Å². The zero-order valence-corrected chi connectivity index (χ0v) is 15.7. The van der Waals surface area contributed by atoms with E-state index in [2.05, 4.69) is 6.08 Å². The fourth-order valence-electron chi connectivity index (χ4n) is 4.54. The first-order valence-corrected chi connectivity index (χ1v) is 10.5. The van der Waals surface area contributed by atoms with Crippen molar-refractivity contribution in [2.24, 2.45) is 5.92 Å². The van der Waals surface area contributed by atoms with Gasteiger partial charge in [-0.3, -0.25) is 9.59 Å². The van der Waals surface area contributed by atoms with Crippen molar-refractivity contribution in [2.45, 2.75) is 77.0 Å². The lowest BCUT2D eigenvalue weighted by Crippen LogP contribution is -2.40. The number of hydrogen-bond acceptors (Lipinski definition) is 2. The Morgan fingerprint density at radius 1 is 0.840 bits per heavy atom. The van der Waals surface area contributed by atoms with Crippen molar-refractivity contribution >= 4 is 11.8 Å². The summed E-state index contributed by atoms with van der Waals surface area (Å²) in [6.07, 6.45) is 15.0. The molecule has 2 aliphatic heterocycles. The third kappa shape index (κ3) is 5.32. The second-order valence-corrected chi connectivity index (χ2v) is 8.01. The van der Waals surface area contributed by atoms with Crippen LogP contribution in [0.5, 0.6) is 0 Å². The average molecular weight is 347 g/mol. The van der Waals surface area contributed by atoms with Crippen LogP contribution in [0.2, 0.25) is 0 Å². The largest absolute Gasteiger partial charge is 0.343 e. The quantitative estimate of drug-likeness (QED) is 0.559. The van der Waals surface area contributed by atoms with Crippen LogP contribution in [0.25, 0.3) is 0 Å². The molecule has 0 spiro atoms. The number of nitrogens with zero attached hydrogens (tertiary/aromatic N) is 2. The Morgan fingerprint density at radius 2 is 1.52 bits per heavy atom. The predicted molar refractivity (Wildman–Crippen MR) is 100 cm³/mol. The van der Waals surface area contributed by atoms with Crippen LogP contribution >= 0.6 is 0 Å². The van der Waals surface area contributed by atoms with Crippen molar-refractivity contribution in [3.63, 3.8) is 0 Å². The molecule has 3 rings (SSSR count). The average Bonchev–Trinajstić information content (AvgIpc) is 2.94. The second-order valence-electron chi connectivity index (χ2n) is 8.01. The zero-order valence-electron chi connectivity index (χ0n) is 15.7. The van der Waals surface area contributed by atoms with Crippen LogP contribution in [0, 0.1) is 5.92 Å². The van der Waals surface area contributed by atoms with Gasteiger partial charge in [0.2, 0.25) is 11.8 Å². The SMILES string of the molecule is O=C(CCCCC(=O)N1CCC2CCCC=C2C1)N1CCCCCC1. The summed E-state index contributed by atoms with van der Waals surface area (Å²) < 4.78 is 0. The topological polar surface area (TPSA) is 40.6 Å². The molecule has 2 saturated heterocycles. The van der Waals surface area contributed by atoms with Gasteiger partial charge >= 0.3 is 0 Å². The lowest BCUT2D eigenvalue weighted by Gasteiger charge is -2.36. The normalized spacial score (nSPS) is 24.3. The Kier molecular flexibility index (Phi) is 6.94. The Morgan fingerprint density at radius 3 is 2.24 bits per heavy atom. The molecule has 3 aliphatic rings. The molecule has 2 heterocycles. The number of fused-ring (bicyclic) bond motifs is 1. The molecule has 1 unspecified atom stereocenters. The van der Waals surface area contributed by atoms with Gasteiger partial charge in [-0.25, -0.2) is 0 Å². The molecular formula is C21H34N2O2. The molecule has 0 radical (unpaired) electrons. The number of likely N-dealkylation sites (tertiary alicyclic amines) is 2. The lowest BCUT2D eigenvalue weighted by molar-refractivity contribution is -0.133. The van der Waals surface area contributed by atoms with E-state index >= 15 is 0 Å².